The van der Waals surface area contributed by atoms with Gasteiger partial charge in [-0.05, 0) is 42.0 Å². The van der Waals surface area contributed by atoms with E-state index in [1.54, 1.807) is 29.4 Å². The van der Waals surface area contributed by atoms with Crippen molar-refractivity contribution >= 4 is 17.4 Å². The summed E-state index contributed by atoms with van der Waals surface area (Å²) in [5, 5.41) is 2.96. The van der Waals surface area contributed by atoms with Crippen molar-refractivity contribution in [3.63, 3.8) is 0 Å². The van der Waals surface area contributed by atoms with Gasteiger partial charge in [-0.3, -0.25) is 9.88 Å². The fourth-order valence-corrected chi connectivity index (χ4v) is 2.20. The predicted molar refractivity (Wildman–Crippen MR) is 73.7 cm³/mol. The first kappa shape index (κ1) is 11.5. The number of pyridine rings is 1. The summed E-state index contributed by atoms with van der Waals surface area (Å²) in [6.07, 6.45) is 3.46. The molecule has 1 unspecified atom stereocenters. The number of aromatic nitrogens is 1. The number of hydrogen-bond donors (Lipinski definition) is 2. The fraction of sp³-hybridized carbons (Fsp3) is 0.143. The molecule has 2 amide bonds. The Balaban J connectivity index is 1.82. The highest BCUT2D eigenvalue weighted by Gasteiger charge is 2.30. The third kappa shape index (κ3) is 2.22. The maximum atomic E-state index is 12.0. The van der Waals surface area contributed by atoms with E-state index < -0.39 is 0 Å². The molecule has 3 rings (SSSR count). The molecule has 3 N–H and O–H groups in total. The molecule has 2 heterocycles. The number of nitrogens with one attached hydrogen (secondary N) is 1. The second-order valence-corrected chi connectivity index (χ2v) is 4.48. The summed E-state index contributed by atoms with van der Waals surface area (Å²) >= 11 is 0. The smallest absolute Gasteiger partial charge is 0.322 e. The number of nitrogen functional groups attached to an aromatic ring is 1. The van der Waals surface area contributed by atoms with E-state index in [1.165, 1.54) is 0 Å². The predicted octanol–water partition coefficient (Wildman–Crippen LogP) is 1.93. The Labute approximate surface area is 111 Å². The molecule has 19 heavy (non-hydrogen) atoms. The lowest BCUT2D eigenvalue weighted by Crippen LogP contribution is -2.27. The van der Waals surface area contributed by atoms with Crippen molar-refractivity contribution in [1.82, 2.24) is 10.3 Å². The number of rotatable bonds is 2. The van der Waals surface area contributed by atoms with Crippen LogP contribution in [0, 0.1) is 0 Å². The van der Waals surface area contributed by atoms with Crippen LogP contribution in [0.5, 0.6) is 0 Å². The average molecular weight is 254 g/mol. The first-order valence-electron chi connectivity index (χ1n) is 6.07. The van der Waals surface area contributed by atoms with Gasteiger partial charge in [-0.2, -0.15) is 0 Å². The lowest BCUT2D eigenvalue weighted by molar-refractivity contribution is 0.251. The first-order chi connectivity index (χ1) is 9.24. The van der Waals surface area contributed by atoms with E-state index in [1.807, 2.05) is 24.3 Å². The molecule has 1 saturated heterocycles. The monoisotopic (exact) mass is 254 g/mol. The molecule has 0 saturated carbocycles. The number of nitrogens with two attached hydrogens (primary N) is 1. The van der Waals surface area contributed by atoms with Crippen LogP contribution in [0.1, 0.15) is 11.6 Å². The number of benzene rings is 1. The van der Waals surface area contributed by atoms with E-state index in [-0.39, 0.29) is 12.1 Å². The van der Waals surface area contributed by atoms with Gasteiger partial charge in [0.1, 0.15) is 0 Å². The number of anilines is 2. The summed E-state index contributed by atoms with van der Waals surface area (Å²) < 4.78 is 0. The molecule has 96 valence electrons. The highest BCUT2D eigenvalue weighted by molar-refractivity contribution is 5.94. The van der Waals surface area contributed by atoms with Gasteiger partial charge in [-0.1, -0.05) is 0 Å². The van der Waals surface area contributed by atoms with Crippen LogP contribution >= 0.6 is 0 Å². The minimum absolute atomic E-state index is 0.00643. The van der Waals surface area contributed by atoms with Crippen molar-refractivity contribution in [2.45, 2.75) is 6.04 Å². The standard InChI is InChI=1S/C14H14N4O/c15-11-1-3-12(4-2-11)18-9-13(17-14(18)19)10-5-7-16-8-6-10/h1-8,13H,9,15H2,(H,17,19). The molecular formula is C14H14N4O. The van der Waals surface area contributed by atoms with Gasteiger partial charge in [-0.15, -0.1) is 0 Å². The second kappa shape index (κ2) is 4.61. The Hall–Kier alpha value is -2.56. The molecule has 1 atom stereocenters. The van der Waals surface area contributed by atoms with Gasteiger partial charge in [0, 0.05) is 23.8 Å². The SMILES string of the molecule is Nc1ccc(N2CC(c3ccncc3)NC2=O)cc1. The van der Waals surface area contributed by atoms with Crippen LogP contribution in [0.4, 0.5) is 16.2 Å². The quantitative estimate of drug-likeness (QED) is 0.804. The zero-order chi connectivity index (χ0) is 13.2. The van der Waals surface area contributed by atoms with E-state index >= 15 is 0 Å². The van der Waals surface area contributed by atoms with Crippen LogP contribution in [0.15, 0.2) is 48.8 Å². The van der Waals surface area contributed by atoms with Gasteiger partial charge in [0.05, 0.1) is 12.6 Å². The highest BCUT2D eigenvalue weighted by atomic mass is 16.2. The molecule has 0 aliphatic carbocycles. The summed E-state index contributed by atoms with van der Waals surface area (Å²) in [5.74, 6) is 0. The van der Waals surface area contributed by atoms with Crippen molar-refractivity contribution < 1.29 is 4.79 Å². The second-order valence-electron chi connectivity index (χ2n) is 4.48. The zero-order valence-electron chi connectivity index (χ0n) is 10.3. The normalized spacial score (nSPS) is 18.4. The summed E-state index contributed by atoms with van der Waals surface area (Å²) in [5.41, 5.74) is 8.25. The van der Waals surface area contributed by atoms with E-state index in [2.05, 4.69) is 10.3 Å². The van der Waals surface area contributed by atoms with Crippen LogP contribution < -0.4 is 16.0 Å². The Kier molecular flexibility index (Phi) is 2.79. The van der Waals surface area contributed by atoms with Gasteiger partial charge in [0.2, 0.25) is 0 Å². The van der Waals surface area contributed by atoms with Crippen LogP contribution in [-0.4, -0.2) is 17.6 Å². The summed E-state index contributed by atoms with van der Waals surface area (Å²) in [4.78, 5) is 17.7. The van der Waals surface area contributed by atoms with Crippen LogP contribution in [0.2, 0.25) is 0 Å². The maximum Gasteiger partial charge on any atom is 0.322 e. The average Bonchev–Trinajstić information content (AvgIpc) is 2.83. The third-order valence-corrected chi connectivity index (χ3v) is 3.22. The largest absolute Gasteiger partial charge is 0.399 e. The van der Waals surface area contributed by atoms with E-state index in [0.29, 0.717) is 12.2 Å². The van der Waals surface area contributed by atoms with Gasteiger partial charge in [0.15, 0.2) is 0 Å². The lowest BCUT2D eigenvalue weighted by atomic mass is 10.1. The number of hydrogen-bond acceptors (Lipinski definition) is 3. The van der Waals surface area contributed by atoms with Gasteiger partial charge in [0.25, 0.3) is 0 Å². The molecule has 2 aromatic rings. The van der Waals surface area contributed by atoms with E-state index in [9.17, 15) is 4.79 Å². The van der Waals surface area contributed by atoms with Crippen molar-refractivity contribution in [3.8, 4) is 0 Å². The lowest BCUT2D eigenvalue weighted by Gasteiger charge is -2.14. The molecule has 1 aliphatic rings. The molecule has 0 radical (unpaired) electrons. The minimum Gasteiger partial charge on any atom is -0.399 e. The molecule has 1 aliphatic heterocycles. The molecule has 0 bridgehead atoms. The zero-order valence-corrected chi connectivity index (χ0v) is 10.3. The number of urea groups is 1. The summed E-state index contributed by atoms with van der Waals surface area (Å²) in [6.45, 7) is 0.604. The Morgan fingerprint density at radius 3 is 2.53 bits per heavy atom. The Morgan fingerprint density at radius 2 is 1.84 bits per heavy atom. The van der Waals surface area contributed by atoms with Crippen LogP contribution in [0.25, 0.3) is 0 Å². The first-order valence-corrected chi connectivity index (χ1v) is 6.07. The molecular weight excluding hydrogens is 240 g/mol. The van der Waals surface area contributed by atoms with Crippen molar-refractivity contribution in [1.29, 1.82) is 0 Å². The van der Waals surface area contributed by atoms with Gasteiger partial charge in [-0.25, -0.2) is 4.79 Å². The number of amides is 2. The molecule has 1 aromatic carbocycles. The van der Waals surface area contributed by atoms with Crippen molar-refractivity contribution in [3.05, 3.63) is 54.4 Å². The fourth-order valence-electron chi connectivity index (χ4n) is 2.20. The minimum atomic E-state index is -0.0911. The van der Waals surface area contributed by atoms with Gasteiger partial charge < -0.3 is 11.1 Å². The number of nitrogens with zero attached hydrogens (tertiary/aromatic N) is 2. The Bertz CT molecular complexity index is 582. The molecule has 5 nitrogen and oxygen atoms in total. The van der Waals surface area contributed by atoms with E-state index in [0.717, 1.165) is 11.3 Å². The number of carbonyl (C=O) groups excluding carboxylic acids is 1. The highest BCUT2D eigenvalue weighted by Crippen LogP contribution is 2.25. The summed E-state index contributed by atoms with van der Waals surface area (Å²) in [6, 6.07) is 11.0. The van der Waals surface area contributed by atoms with Crippen molar-refractivity contribution in [2.75, 3.05) is 17.2 Å². The molecule has 5 heteroatoms. The Morgan fingerprint density at radius 1 is 1.16 bits per heavy atom. The molecule has 0 spiro atoms. The van der Waals surface area contributed by atoms with Crippen LogP contribution in [0.3, 0.4) is 0 Å². The molecule has 1 aromatic heterocycles. The van der Waals surface area contributed by atoms with E-state index in [4.69, 9.17) is 5.73 Å². The maximum absolute atomic E-state index is 12.0. The summed E-state index contributed by atoms with van der Waals surface area (Å²) in [7, 11) is 0. The molecule has 1 fully saturated rings. The van der Waals surface area contributed by atoms with Crippen molar-refractivity contribution in [2.24, 2.45) is 0 Å². The van der Waals surface area contributed by atoms with Crippen LogP contribution in [-0.2, 0) is 0 Å². The topological polar surface area (TPSA) is 71.2 Å². The third-order valence-electron chi connectivity index (χ3n) is 3.22. The number of carbonyl (C=O) groups is 1. The van der Waals surface area contributed by atoms with Gasteiger partial charge >= 0.3 is 6.03 Å².